The van der Waals surface area contributed by atoms with Crippen LogP contribution < -0.4 is 11.2 Å². The van der Waals surface area contributed by atoms with Gasteiger partial charge in [-0.05, 0) is 42.1 Å². The maximum atomic E-state index is 12.8. The van der Waals surface area contributed by atoms with Crippen molar-refractivity contribution in [1.82, 2.24) is 35.6 Å². The highest BCUT2D eigenvalue weighted by Gasteiger charge is 2.30. The number of anilines is 1. The Morgan fingerprint density at radius 2 is 2.13 bits per heavy atom. The topological polar surface area (TPSA) is 140 Å². The van der Waals surface area contributed by atoms with Gasteiger partial charge < -0.3 is 10.6 Å². The Hall–Kier alpha value is -3.81. The van der Waals surface area contributed by atoms with Crippen molar-refractivity contribution in [2.45, 2.75) is 12.7 Å². The molecule has 0 aliphatic rings. The number of hydrogen-bond donors (Lipinski definition) is 2. The number of halogens is 3. The predicted molar refractivity (Wildman–Crippen MR) is 97.5 cm³/mol. The minimum atomic E-state index is -4.48. The average molecular weight is 423 g/mol. The van der Waals surface area contributed by atoms with E-state index < -0.39 is 17.6 Å². The van der Waals surface area contributed by atoms with Gasteiger partial charge in [0.15, 0.2) is 5.69 Å². The SMILES string of the molecule is CN(C)Cc1c(C(=O)N/N=C/c2cccc(C(F)(F)F)c2)nnn1-c1nonc1N. The molecule has 0 unspecified atom stereocenters. The van der Waals surface area contributed by atoms with Gasteiger partial charge in [-0.1, -0.05) is 17.3 Å². The summed E-state index contributed by atoms with van der Waals surface area (Å²) in [4.78, 5) is 14.3. The zero-order valence-electron chi connectivity index (χ0n) is 15.8. The second-order valence-corrected chi connectivity index (χ2v) is 6.33. The molecule has 0 aliphatic carbocycles. The molecule has 0 atom stereocenters. The van der Waals surface area contributed by atoms with E-state index in [2.05, 4.69) is 35.8 Å². The van der Waals surface area contributed by atoms with Crippen LogP contribution in [0, 0.1) is 0 Å². The highest BCUT2D eigenvalue weighted by Crippen LogP contribution is 2.29. The highest BCUT2D eigenvalue weighted by atomic mass is 19.4. The molecule has 30 heavy (non-hydrogen) atoms. The van der Waals surface area contributed by atoms with Gasteiger partial charge in [-0.25, -0.2) is 10.1 Å². The van der Waals surface area contributed by atoms with Gasteiger partial charge >= 0.3 is 6.18 Å². The number of aromatic nitrogens is 5. The van der Waals surface area contributed by atoms with Crippen LogP contribution in [0.1, 0.15) is 27.3 Å². The standard InChI is InChI=1S/C16H16F3N9O2/c1-27(2)8-11-12(22-26-28(11)14-13(20)24-30-25-14)15(29)23-21-7-9-4-3-5-10(6-9)16(17,18)19/h3-7H,8H2,1-2H3,(H2,20,24)(H,23,29)/b21-7+. The van der Waals surface area contributed by atoms with Crippen molar-refractivity contribution in [3.05, 3.63) is 46.8 Å². The Morgan fingerprint density at radius 3 is 2.77 bits per heavy atom. The number of rotatable bonds is 6. The van der Waals surface area contributed by atoms with Crippen molar-refractivity contribution >= 4 is 17.9 Å². The zero-order valence-corrected chi connectivity index (χ0v) is 15.8. The fourth-order valence-corrected chi connectivity index (χ4v) is 2.44. The van der Waals surface area contributed by atoms with Crippen molar-refractivity contribution in [1.29, 1.82) is 0 Å². The smallest absolute Gasteiger partial charge is 0.378 e. The van der Waals surface area contributed by atoms with Crippen LogP contribution >= 0.6 is 0 Å². The van der Waals surface area contributed by atoms with E-state index in [0.717, 1.165) is 18.3 Å². The van der Waals surface area contributed by atoms with Gasteiger partial charge in [-0.3, -0.25) is 4.79 Å². The molecule has 2 heterocycles. The first kappa shape index (κ1) is 20.9. The summed E-state index contributed by atoms with van der Waals surface area (Å²) in [5.74, 6) is -0.711. The summed E-state index contributed by atoms with van der Waals surface area (Å²) in [5.41, 5.74) is 7.47. The summed E-state index contributed by atoms with van der Waals surface area (Å²) in [6, 6.07) is 4.50. The summed E-state index contributed by atoms with van der Waals surface area (Å²) in [5, 5.41) is 18.5. The van der Waals surface area contributed by atoms with Crippen LogP contribution in [0.15, 0.2) is 34.0 Å². The van der Waals surface area contributed by atoms with E-state index in [4.69, 9.17) is 5.73 Å². The number of nitrogens with two attached hydrogens (primary N) is 1. The predicted octanol–water partition coefficient (Wildman–Crippen LogP) is 1.08. The molecule has 0 saturated heterocycles. The van der Waals surface area contributed by atoms with E-state index in [1.54, 1.807) is 19.0 Å². The molecule has 0 radical (unpaired) electrons. The normalized spacial score (nSPS) is 12.1. The van der Waals surface area contributed by atoms with E-state index in [1.165, 1.54) is 16.8 Å². The summed E-state index contributed by atoms with van der Waals surface area (Å²) in [6.07, 6.45) is -3.40. The van der Waals surface area contributed by atoms with Crippen molar-refractivity contribution in [3.8, 4) is 5.82 Å². The van der Waals surface area contributed by atoms with Crippen LogP contribution in [0.4, 0.5) is 19.0 Å². The highest BCUT2D eigenvalue weighted by molar-refractivity contribution is 5.94. The molecule has 0 saturated carbocycles. The van der Waals surface area contributed by atoms with Crippen LogP contribution in [0.2, 0.25) is 0 Å². The molecule has 3 aromatic rings. The maximum absolute atomic E-state index is 12.8. The quantitative estimate of drug-likeness (QED) is 0.443. The first-order valence-electron chi connectivity index (χ1n) is 8.35. The van der Waals surface area contributed by atoms with E-state index in [-0.39, 0.29) is 29.4 Å². The fourth-order valence-electron chi connectivity index (χ4n) is 2.44. The number of amides is 1. The third-order valence-electron chi connectivity index (χ3n) is 3.73. The number of alkyl halides is 3. The first-order chi connectivity index (χ1) is 14.2. The summed E-state index contributed by atoms with van der Waals surface area (Å²) in [6.45, 7) is 0.236. The first-order valence-corrected chi connectivity index (χ1v) is 8.35. The number of nitrogen functional groups attached to an aromatic ring is 1. The lowest BCUT2D eigenvalue weighted by Gasteiger charge is -2.11. The summed E-state index contributed by atoms with van der Waals surface area (Å²) < 4.78 is 44.1. The second-order valence-electron chi connectivity index (χ2n) is 6.33. The van der Waals surface area contributed by atoms with Crippen molar-refractivity contribution < 1.29 is 22.6 Å². The Morgan fingerprint density at radius 1 is 1.37 bits per heavy atom. The average Bonchev–Trinajstić information content (AvgIpc) is 3.26. The fraction of sp³-hybridized carbons (Fsp3) is 0.250. The van der Waals surface area contributed by atoms with E-state index in [9.17, 15) is 18.0 Å². The number of benzene rings is 1. The molecule has 158 valence electrons. The number of hydrazone groups is 1. The van der Waals surface area contributed by atoms with Gasteiger partial charge in [0, 0.05) is 6.54 Å². The van der Waals surface area contributed by atoms with Crippen molar-refractivity contribution in [2.24, 2.45) is 5.10 Å². The molecule has 0 aliphatic heterocycles. The minimum absolute atomic E-state index is 0.0468. The lowest BCUT2D eigenvalue weighted by atomic mass is 10.1. The second kappa shape index (κ2) is 8.28. The van der Waals surface area contributed by atoms with Gasteiger partial charge in [0.05, 0.1) is 17.5 Å². The lowest BCUT2D eigenvalue weighted by molar-refractivity contribution is -0.137. The van der Waals surface area contributed by atoms with E-state index in [1.807, 2.05) is 0 Å². The molecule has 2 aromatic heterocycles. The maximum Gasteiger partial charge on any atom is 0.416 e. The molecule has 3 rings (SSSR count). The Balaban J connectivity index is 1.81. The van der Waals surface area contributed by atoms with Crippen LogP contribution in [-0.2, 0) is 12.7 Å². The summed E-state index contributed by atoms with van der Waals surface area (Å²) in [7, 11) is 3.52. The van der Waals surface area contributed by atoms with Crippen LogP contribution in [0.25, 0.3) is 5.82 Å². The van der Waals surface area contributed by atoms with Crippen molar-refractivity contribution in [2.75, 3.05) is 19.8 Å². The third-order valence-corrected chi connectivity index (χ3v) is 3.73. The molecule has 0 spiro atoms. The third kappa shape index (κ3) is 4.60. The Kier molecular flexibility index (Phi) is 5.77. The molecule has 1 amide bonds. The number of hydrogen-bond acceptors (Lipinski definition) is 9. The lowest BCUT2D eigenvalue weighted by Crippen LogP contribution is -2.23. The van der Waals surface area contributed by atoms with E-state index in [0.29, 0.717) is 5.69 Å². The minimum Gasteiger partial charge on any atom is -0.378 e. The largest absolute Gasteiger partial charge is 0.416 e. The molecule has 3 N–H and O–H groups in total. The number of carbonyl (C=O) groups is 1. The number of nitrogens with one attached hydrogen (secondary N) is 1. The molecule has 0 bridgehead atoms. The Labute approximate surface area is 167 Å². The molecule has 11 nitrogen and oxygen atoms in total. The van der Waals surface area contributed by atoms with Gasteiger partial charge in [0.1, 0.15) is 0 Å². The Bertz CT molecular complexity index is 1070. The number of carbonyl (C=O) groups excluding carboxylic acids is 1. The number of nitrogens with zero attached hydrogens (tertiary/aromatic N) is 7. The van der Waals surface area contributed by atoms with Crippen LogP contribution in [0.5, 0.6) is 0 Å². The van der Waals surface area contributed by atoms with Crippen LogP contribution in [0.3, 0.4) is 0 Å². The monoisotopic (exact) mass is 423 g/mol. The van der Waals surface area contributed by atoms with E-state index >= 15 is 0 Å². The molecule has 14 heteroatoms. The van der Waals surface area contributed by atoms with Crippen molar-refractivity contribution in [3.63, 3.8) is 0 Å². The van der Waals surface area contributed by atoms with Gasteiger partial charge in [0.2, 0.25) is 11.6 Å². The van der Waals surface area contributed by atoms with Gasteiger partial charge in [0.25, 0.3) is 5.91 Å². The zero-order chi connectivity index (χ0) is 21.9. The molecular formula is C16H16F3N9O2. The molecule has 1 aromatic carbocycles. The summed E-state index contributed by atoms with van der Waals surface area (Å²) >= 11 is 0. The van der Waals surface area contributed by atoms with Crippen LogP contribution in [-0.4, -0.2) is 56.4 Å². The van der Waals surface area contributed by atoms with Gasteiger partial charge in [-0.15, -0.1) is 5.10 Å². The molecule has 0 fully saturated rings. The molecular weight excluding hydrogens is 407 g/mol. The van der Waals surface area contributed by atoms with Gasteiger partial charge in [-0.2, -0.15) is 23.0 Å².